The zero-order valence-corrected chi connectivity index (χ0v) is 14.1. The van der Waals surface area contributed by atoms with Crippen LogP contribution in [0.4, 0.5) is 6.01 Å². The van der Waals surface area contributed by atoms with Gasteiger partial charge in [0.15, 0.2) is 5.82 Å². The Hall–Kier alpha value is -2.41. The Morgan fingerprint density at radius 3 is 2.76 bits per heavy atom. The van der Waals surface area contributed by atoms with Crippen molar-refractivity contribution in [1.82, 2.24) is 10.1 Å². The minimum Gasteiger partial charge on any atom is -0.481 e. The standard InChI is InChI=1S/C18H23N3O4/c22-16(23)7-6-15(12-13-4-2-1-3-5-13)19-18-20-17(21-25-18)14-8-10-24-11-9-14/h1-5,14-15H,6-12H2,(H,22,23)(H,19,20,21). The molecule has 1 aromatic carbocycles. The number of rotatable bonds is 8. The fourth-order valence-electron chi connectivity index (χ4n) is 3.01. The number of benzene rings is 1. The molecule has 1 fully saturated rings. The SMILES string of the molecule is O=C(O)CCC(Cc1ccccc1)Nc1nc(C2CCOCC2)no1. The molecule has 1 aliphatic heterocycles. The molecule has 2 N–H and O–H groups in total. The second kappa shape index (κ2) is 8.62. The highest BCUT2D eigenvalue weighted by Gasteiger charge is 2.22. The molecule has 25 heavy (non-hydrogen) atoms. The number of hydrogen-bond acceptors (Lipinski definition) is 6. The van der Waals surface area contributed by atoms with E-state index in [2.05, 4.69) is 15.5 Å². The van der Waals surface area contributed by atoms with Gasteiger partial charge in [-0.1, -0.05) is 35.5 Å². The molecule has 1 aliphatic rings. The van der Waals surface area contributed by atoms with Gasteiger partial charge < -0.3 is 19.7 Å². The van der Waals surface area contributed by atoms with Gasteiger partial charge in [0.2, 0.25) is 0 Å². The first-order chi connectivity index (χ1) is 12.2. The highest BCUT2D eigenvalue weighted by atomic mass is 16.5. The number of carboxylic acid groups (broad SMARTS) is 1. The molecule has 2 heterocycles. The molecule has 1 aromatic heterocycles. The van der Waals surface area contributed by atoms with Crippen molar-refractivity contribution in [3.8, 4) is 0 Å². The van der Waals surface area contributed by atoms with E-state index < -0.39 is 5.97 Å². The third kappa shape index (κ3) is 5.29. The fourth-order valence-corrected chi connectivity index (χ4v) is 3.01. The van der Waals surface area contributed by atoms with Crippen molar-refractivity contribution in [2.75, 3.05) is 18.5 Å². The van der Waals surface area contributed by atoms with E-state index in [9.17, 15) is 4.79 Å². The number of anilines is 1. The third-order valence-electron chi connectivity index (χ3n) is 4.39. The highest BCUT2D eigenvalue weighted by Crippen LogP contribution is 2.25. The van der Waals surface area contributed by atoms with E-state index in [1.165, 1.54) is 0 Å². The van der Waals surface area contributed by atoms with Crippen LogP contribution < -0.4 is 5.32 Å². The zero-order chi connectivity index (χ0) is 17.5. The van der Waals surface area contributed by atoms with Crippen LogP contribution in [0.3, 0.4) is 0 Å². The van der Waals surface area contributed by atoms with Gasteiger partial charge in [-0.15, -0.1) is 0 Å². The number of carboxylic acids is 1. The van der Waals surface area contributed by atoms with Crippen LogP contribution in [0.15, 0.2) is 34.9 Å². The van der Waals surface area contributed by atoms with Crippen molar-refractivity contribution in [2.45, 2.75) is 44.1 Å². The van der Waals surface area contributed by atoms with Crippen molar-refractivity contribution < 1.29 is 19.2 Å². The topological polar surface area (TPSA) is 97.5 Å². The molecule has 1 unspecified atom stereocenters. The summed E-state index contributed by atoms with van der Waals surface area (Å²) in [5, 5.41) is 16.3. The first-order valence-corrected chi connectivity index (χ1v) is 8.64. The molecule has 0 saturated carbocycles. The van der Waals surface area contributed by atoms with E-state index in [4.69, 9.17) is 14.4 Å². The Bertz CT molecular complexity index is 668. The molecule has 0 aliphatic carbocycles. The van der Waals surface area contributed by atoms with Gasteiger partial charge in [0.25, 0.3) is 0 Å². The summed E-state index contributed by atoms with van der Waals surface area (Å²) in [7, 11) is 0. The van der Waals surface area contributed by atoms with Crippen LogP contribution in [-0.4, -0.2) is 40.5 Å². The van der Waals surface area contributed by atoms with Gasteiger partial charge in [0.05, 0.1) is 0 Å². The molecule has 7 nitrogen and oxygen atoms in total. The third-order valence-corrected chi connectivity index (χ3v) is 4.39. The number of aromatic nitrogens is 2. The summed E-state index contributed by atoms with van der Waals surface area (Å²) in [6.07, 6.45) is 3.06. The van der Waals surface area contributed by atoms with Crippen LogP contribution in [0.5, 0.6) is 0 Å². The maximum atomic E-state index is 10.9. The van der Waals surface area contributed by atoms with Gasteiger partial charge in [-0.2, -0.15) is 4.98 Å². The van der Waals surface area contributed by atoms with Gasteiger partial charge in [-0.3, -0.25) is 4.79 Å². The van der Waals surface area contributed by atoms with Crippen molar-refractivity contribution in [3.63, 3.8) is 0 Å². The predicted molar refractivity (Wildman–Crippen MR) is 91.5 cm³/mol. The van der Waals surface area contributed by atoms with Crippen LogP contribution in [0, 0.1) is 0 Å². The summed E-state index contributed by atoms with van der Waals surface area (Å²) in [4.78, 5) is 15.4. The fraction of sp³-hybridized carbons (Fsp3) is 0.500. The van der Waals surface area contributed by atoms with E-state index >= 15 is 0 Å². The molecule has 0 radical (unpaired) electrons. The Balaban J connectivity index is 1.64. The minimum absolute atomic E-state index is 0.0820. The maximum absolute atomic E-state index is 10.9. The number of carbonyl (C=O) groups is 1. The molecular weight excluding hydrogens is 322 g/mol. The van der Waals surface area contributed by atoms with Crippen molar-refractivity contribution in [2.24, 2.45) is 0 Å². The maximum Gasteiger partial charge on any atom is 0.321 e. The normalized spacial score (nSPS) is 16.5. The minimum atomic E-state index is -0.812. The van der Waals surface area contributed by atoms with Crippen LogP contribution >= 0.6 is 0 Å². The van der Waals surface area contributed by atoms with Crippen LogP contribution in [0.2, 0.25) is 0 Å². The lowest BCUT2D eigenvalue weighted by Crippen LogP contribution is -2.23. The summed E-state index contributed by atoms with van der Waals surface area (Å²) in [5.74, 6) is 0.149. The van der Waals surface area contributed by atoms with Crippen LogP contribution in [0.25, 0.3) is 0 Å². The average Bonchev–Trinajstić information content (AvgIpc) is 3.10. The van der Waals surface area contributed by atoms with E-state index in [0.717, 1.165) is 31.6 Å². The largest absolute Gasteiger partial charge is 0.481 e. The predicted octanol–water partition coefficient (Wildman–Crippen LogP) is 2.85. The van der Waals surface area contributed by atoms with Crippen molar-refractivity contribution in [3.05, 3.63) is 41.7 Å². The molecule has 7 heteroatoms. The molecule has 0 bridgehead atoms. The first-order valence-electron chi connectivity index (χ1n) is 8.64. The Kier molecular flexibility index (Phi) is 6.00. The van der Waals surface area contributed by atoms with Crippen LogP contribution in [0.1, 0.15) is 43.0 Å². The van der Waals surface area contributed by atoms with Crippen molar-refractivity contribution in [1.29, 1.82) is 0 Å². The number of aliphatic carboxylic acids is 1. The molecule has 0 spiro atoms. The monoisotopic (exact) mass is 345 g/mol. The Labute approximate surface area is 146 Å². The van der Waals surface area contributed by atoms with E-state index in [0.29, 0.717) is 24.7 Å². The Morgan fingerprint density at radius 2 is 2.04 bits per heavy atom. The van der Waals surface area contributed by atoms with Gasteiger partial charge in [0, 0.05) is 31.6 Å². The summed E-state index contributed by atoms with van der Waals surface area (Å²) in [5.41, 5.74) is 1.13. The van der Waals surface area contributed by atoms with Gasteiger partial charge in [-0.05, 0) is 31.2 Å². The lowest BCUT2D eigenvalue weighted by Gasteiger charge is -2.18. The lowest BCUT2D eigenvalue weighted by atomic mass is 10.00. The molecule has 3 rings (SSSR count). The summed E-state index contributed by atoms with van der Waals surface area (Å²) in [6, 6.07) is 10.2. The number of ether oxygens (including phenoxy) is 1. The Morgan fingerprint density at radius 1 is 1.28 bits per heavy atom. The first kappa shape index (κ1) is 17.4. The average molecular weight is 345 g/mol. The van der Waals surface area contributed by atoms with Gasteiger partial charge in [-0.25, -0.2) is 0 Å². The van der Waals surface area contributed by atoms with E-state index in [-0.39, 0.29) is 18.4 Å². The van der Waals surface area contributed by atoms with Crippen LogP contribution in [-0.2, 0) is 16.0 Å². The van der Waals surface area contributed by atoms with Gasteiger partial charge >= 0.3 is 12.0 Å². The summed E-state index contributed by atoms with van der Waals surface area (Å²) in [6.45, 7) is 1.44. The quantitative estimate of drug-likeness (QED) is 0.759. The summed E-state index contributed by atoms with van der Waals surface area (Å²) >= 11 is 0. The number of nitrogens with zero attached hydrogens (tertiary/aromatic N) is 2. The number of hydrogen-bond donors (Lipinski definition) is 2. The smallest absolute Gasteiger partial charge is 0.321 e. The molecule has 0 amide bonds. The lowest BCUT2D eigenvalue weighted by molar-refractivity contribution is -0.137. The second-order valence-electron chi connectivity index (χ2n) is 6.31. The molecular formula is C18H23N3O4. The number of nitrogens with one attached hydrogen (secondary N) is 1. The molecule has 2 aromatic rings. The molecule has 1 saturated heterocycles. The summed E-state index contributed by atoms with van der Waals surface area (Å²) < 4.78 is 10.7. The zero-order valence-electron chi connectivity index (χ0n) is 14.1. The van der Waals surface area contributed by atoms with Gasteiger partial charge in [0.1, 0.15) is 0 Å². The van der Waals surface area contributed by atoms with E-state index in [1.807, 2.05) is 30.3 Å². The highest BCUT2D eigenvalue weighted by molar-refractivity contribution is 5.66. The molecule has 134 valence electrons. The van der Waals surface area contributed by atoms with Crippen molar-refractivity contribution >= 4 is 12.0 Å². The second-order valence-corrected chi connectivity index (χ2v) is 6.31. The van der Waals surface area contributed by atoms with E-state index in [1.54, 1.807) is 0 Å². The molecule has 1 atom stereocenters.